The molecule has 0 radical (unpaired) electrons. The lowest BCUT2D eigenvalue weighted by Gasteiger charge is -2.33. The molecule has 188 valence electrons. The summed E-state index contributed by atoms with van der Waals surface area (Å²) < 4.78 is 20.4. The Morgan fingerprint density at radius 3 is 2.65 bits per heavy atom. The molecule has 3 aliphatic heterocycles. The third-order valence-electron chi connectivity index (χ3n) is 6.55. The van der Waals surface area contributed by atoms with Gasteiger partial charge in [-0.1, -0.05) is 0 Å². The Kier molecular flexibility index (Phi) is 8.19. The van der Waals surface area contributed by atoms with E-state index in [1.807, 2.05) is 9.96 Å². The van der Waals surface area contributed by atoms with Crippen LogP contribution in [0, 0.1) is 5.82 Å². The van der Waals surface area contributed by atoms with E-state index in [1.54, 1.807) is 12.1 Å². The Bertz CT molecular complexity index is 866. The van der Waals surface area contributed by atoms with Gasteiger partial charge in [-0.25, -0.2) is 9.18 Å². The molecular formula is C23H35FN6O4. The minimum Gasteiger partial charge on any atom is -0.442 e. The predicted molar refractivity (Wildman–Crippen MR) is 126 cm³/mol. The van der Waals surface area contributed by atoms with E-state index in [4.69, 9.17) is 9.57 Å². The second-order valence-electron chi connectivity index (χ2n) is 9.08. The molecule has 4 rings (SSSR count). The molecule has 3 heterocycles. The fourth-order valence-corrected chi connectivity index (χ4v) is 4.45. The maximum absolute atomic E-state index is 15.1. The van der Waals surface area contributed by atoms with Crippen LogP contribution in [0.25, 0.3) is 0 Å². The number of benzene rings is 1. The first kappa shape index (κ1) is 24.6. The number of hydrogen-bond acceptors (Lipinski definition) is 8. The van der Waals surface area contributed by atoms with E-state index in [0.717, 1.165) is 39.3 Å². The summed E-state index contributed by atoms with van der Waals surface area (Å²) in [5.41, 5.74) is 0.937. The molecular weight excluding hydrogens is 443 g/mol. The summed E-state index contributed by atoms with van der Waals surface area (Å²) >= 11 is 0. The third kappa shape index (κ3) is 6.35. The minimum absolute atomic E-state index is 0.191. The zero-order valence-electron chi connectivity index (χ0n) is 20.0. The molecule has 3 aliphatic rings. The van der Waals surface area contributed by atoms with Gasteiger partial charge in [0.2, 0.25) is 5.91 Å². The van der Waals surface area contributed by atoms with E-state index in [1.165, 1.54) is 17.9 Å². The van der Waals surface area contributed by atoms with Crippen LogP contribution in [0.3, 0.4) is 0 Å². The van der Waals surface area contributed by atoms with Gasteiger partial charge in [0.25, 0.3) is 0 Å². The van der Waals surface area contributed by atoms with Crippen LogP contribution in [-0.4, -0.2) is 119 Å². The lowest BCUT2D eigenvalue weighted by molar-refractivity contribution is -0.150. The number of piperazine rings is 1. The first-order valence-electron chi connectivity index (χ1n) is 11.9. The normalized spacial score (nSPS) is 23.1. The molecule has 34 heavy (non-hydrogen) atoms. The van der Waals surface area contributed by atoms with Gasteiger partial charge >= 0.3 is 6.09 Å². The topological polar surface area (TPSA) is 80.8 Å². The van der Waals surface area contributed by atoms with Crippen molar-refractivity contribution in [3.63, 3.8) is 0 Å². The van der Waals surface area contributed by atoms with Crippen molar-refractivity contribution in [2.24, 2.45) is 0 Å². The van der Waals surface area contributed by atoms with Crippen LogP contribution < -0.4 is 15.1 Å². The van der Waals surface area contributed by atoms with Crippen molar-refractivity contribution in [1.29, 1.82) is 0 Å². The molecule has 11 heteroatoms. The zero-order chi connectivity index (χ0) is 24.1. The van der Waals surface area contributed by atoms with Gasteiger partial charge in [-0.05, 0) is 25.2 Å². The Labute approximate surface area is 200 Å². The van der Waals surface area contributed by atoms with Gasteiger partial charge < -0.3 is 19.9 Å². The van der Waals surface area contributed by atoms with E-state index < -0.39 is 12.2 Å². The van der Waals surface area contributed by atoms with Crippen molar-refractivity contribution in [2.75, 3.05) is 95.4 Å². The molecule has 1 atom stereocenters. The number of rotatable bonds is 7. The number of ether oxygens (including phenoxy) is 1. The first-order valence-corrected chi connectivity index (χ1v) is 11.9. The quantitative estimate of drug-likeness (QED) is 0.610. The molecule has 0 aromatic heterocycles. The van der Waals surface area contributed by atoms with E-state index >= 15 is 4.39 Å². The largest absolute Gasteiger partial charge is 0.442 e. The van der Waals surface area contributed by atoms with Crippen LogP contribution in [-0.2, 0) is 14.4 Å². The molecule has 3 saturated heterocycles. The number of anilines is 2. The van der Waals surface area contributed by atoms with Crippen molar-refractivity contribution in [3.05, 3.63) is 24.0 Å². The van der Waals surface area contributed by atoms with E-state index in [2.05, 4.69) is 22.2 Å². The highest BCUT2D eigenvalue weighted by Crippen LogP contribution is 2.28. The second-order valence-corrected chi connectivity index (χ2v) is 9.08. The number of hydrogen-bond donors (Lipinski definition) is 1. The molecule has 1 aromatic carbocycles. The van der Waals surface area contributed by atoms with Crippen LogP contribution in [0.1, 0.15) is 6.92 Å². The van der Waals surface area contributed by atoms with Crippen molar-refractivity contribution in [1.82, 2.24) is 20.2 Å². The predicted octanol–water partition coefficient (Wildman–Crippen LogP) is 0.588. The number of carbonyl (C=O) groups excluding carboxylic acids is 2. The summed E-state index contributed by atoms with van der Waals surface area (Å²) in [4.78, 5) is 37.4. The third-order valence-corrected chi connectivity index (χ3v) is 6.55. The summed E-state index contributed by atoms with van der Waals surface area (Å²) in [6, 6.07) is 4.81. The van der Waals surface area contributed by atoms with E-state index in [9.17, 15) is 9.59 Å². The van der Waals surface area contributed by atoms with E-state index in [0.29, 0.717) is 37.6 Å². The highest BCUT2D eigenvalue weighted by Gasteiger charge is 2.33. The molecule has 3 fully saturated rings. The fraction of sp³-hybridized carbons (Fsp3) is 0.652. The number of cyclic esters (lactones) is 1. The first-order chi connectivity index (χ1) is 16.4. The van der Waals surface area contributed by atoms with Gasteiger partial charge in [-0.3, -0.25) is 19.4 Å². The number of nitrogens with zero attached hydrogens (tertiary/aromatic N) is 5. The lowest BCUT2D eigenvalue weighted by Crippen LogP contribution is -2.47. The second kappa shape index (κ2) is 11.3. The maximum atomic E-state index is 15.1. The number of nitrogens with one attached hydrogen (secondary N) is 1. The maximum Gasteiger partial charge on any atom is 0.414 e. The molecule has 0 saturated carbocycles. The standard InChI is InChI=1S/C23H35FN6O4/c1-18(31)25-16-20-17-30(23(32)34-20)19-3-4-22(21(24)15-19)28-10-12-29(33-14-13-28)11-9-27-7-5-26(2)6-8-27/h3-4,15,20H,5-14,16-17H2,1-2H3,(H,25,31)/t20-/m0/s1. The number of halogens is 1. The highest BCUT2D eigenvalue weighted by atomic mass is 19.1. The van der Waals surface area contributed by atoms with Gasteiger partial charge in [0, 0.05) is 65.8 Å². The average Bonchev–Trinajstić information content (AvgIpc) is 3.03. The van der Waals surface area contributed by atoms with Crippen molar-refractivity contribution in [2.45, 2.75) is 13.0 Å². The van der Waals surface area contributed by atoms with Crippen molar-refractivity contribution in [3.8, 4) is 0 Å². The molecule has 0 spiro atoms. The molecule has 10 nitrogen and oxygen atoms in total. The van der Waals surface area contributed by atoms with Crippen molar-refractivity contribution >= 4 is 23.4 Å². The molecule has 0 unspecified atom stereocenters. The van der Waals surface area contributed by atoms with Gasteiger partial charge in [-0.2, -0.15) is 5.06 Å². The van der Waals surface area contributed by atoms with Gasteiger partial charge in [0.05, 0.1) is 31.1 Å². The number of carbonyl (C=O) groups is 2. The van der Waals surface area contributed by atoms with Gasteiger partial charge in [0.1, 0.15) is 11.9 Å². The van der Waals surface area contributed by atoms with Gasteiger partial charge in [-0.15, -0.1) is 0 Å². The number of likely N-dealkylation sites (N-methyl/N-ethyl adjacent to an activating group) is 1. The monoisotopic (exact) mass is 478 g/mol. The van der Waals surface area contributed by atoms with Crippen molar-refractivity contribution < 1.29 is 23.6 Å². The molecule has 1 aromatic rings. The Morgan fingerprint density at radius 1 is 1.12 bits per heavy atom. The lowest BCUT2D eigenvalue weighted by atomic mass is 10.2. The smallest absolute Gasteiger partial charge is 0.414 e. The Hall–Kier alpha value is -2.47. The summed E-state index contributed by atoms with van der Waals surface area (Å²) in [5.74, 6) is -0.578. The van der Waals surface area contributed by atoms with Crippen LogP contribution in [0.4, 0.5) is 20.6 Å². The number of amides is 2. The minimum atomic E-state index is -0.540. The average molecular weight is 479 g/mol. The summed E-state index contributed by atoms with van der Waals surface area (Å²) in [6.07, 6.45) is -1.000. The number of hydroxylamine groups is 2. The Balaban J connectivity index is 1.30. The fourth-order valence-electron chi connectivity index (χ4n) is 4.45. The molecule has 2 amide bonds. The van der Waals surface area contributed by atoms with E-state index in [-0.39, 0.29) is 24.8 Å². The Morgan fingerprint density at radius 2 is 1.91 bits per heavy atom. The van der Waals surface area contributed by atoms with Crippen LogP contribution in [0.5, 0.6) is 0 Å². The molecule has 0 bridgehead atoms. The SMILES string of the molecule is CC(=O)NC[C@H]1CN(c2ccc(N3CCON(CCN4CCN(C)CC4)CC3)c(F)c2)C(=O)O1. The van der Waals surface area contributed by atoms with Gasteiger partial charge in [0.15, 0.2) is 0 Å². The van der Waals surface area contributed by atoms with Crippen LogP contribution in [0.2, 0.25) is 0 Å². The molecule has 1 N–H and O–H groups in total. The summed E-state index contributed by atoms with van der Waals surface area (Å²) in [5, 5.41) is 4.62. The summed E-state index contributed by atoms with van der Waals surface area (Å²) in [6.45, 7) is 10.5. The van der Waals surface area contributed by atoms with Crippen LogP contribution >= 0.6 is 0 Å². The zero-order valence-corrected chi connectivity index (χ0v) is 20.0. The highest BCUT2D eigenvalue weighted by molar-refractivity contribution is 5.90. The summed E-state index contributed by atoms with van der Waals surface area (Å²) in [7, 11) is 2.15. The van der Waals surface area contributed by atoms with Crippen LogP contribution in [0.15, 0.2) is 18.2 Å². The molecule has 0 aliphatic carbocycles.